The van der Waals surface area contributed by atoms with Gasteiger partial charge in [-0.3, -0.25) is 4.79 Å². The van der Waals surface area contributed by atoms with Crippen LogP contribution in [0.2, 0.25) is 5.15 Å². The number of aryl methyl sites for hydroxylation is 1. The third kappa shape index (κ3) is 5.08. The topological polar surface area (TPSA) is 79.3 Å². The average molecular weight is 303 g/mol. The molecule has 104 valence electrons. The molecule has 5 nitrogen and oxygen atoms in total. The van der Waals surface area contributed by atoms with Crippen LogP contribution >= 0.6 is 23.4 Å². The Labute approximate surface area is 120 Å². The maximum absolute atomic E-state index is 12.0. The van der Waals surface area contributed by atoms with Crippen molar-refractivity contribution < 1.29 is 14.7 Å². The number of rotatable bonds is 6. The predicted molar refractivity (Wildman–Crippen MR) is 75.9 cm³/mol. The SMILES string of the molecule is CSCCC(NC(=O)c1cc(C)nc(Cl)c1)C(=O)O. The molecule has 0 aromatic carbocycles. The second-order valence-electron chi connectivity index (χ2n) is 3.97. The maximum Gasteiger partial charge on any atom is 0.326 e. The molecule has 1 aromatic rings. The number of amides is 1. The van der Waals surface area contributed by atoms with E-state index in [2.05, 4.69) is 10.3 Å². The molecule has 0 aliphatic carbocycles. The van der Waals surface area contributed by atoms with E-state index < -0.39 is 17.9 Å². The number of thioether (sulfide) groups is 1. The summed E-state index contributed by atoms with van der Waals surface area (Å²) in [4.78, 5) is 26.9. The lowest BCUT2D eigenvalue weighted by molar-refractivity contribution is -0.139. The molecule has 0 bridgehead atoms. The zero-order valence-electron chi connectivity index (χ0n) is 10.6. The van der Waals surface area contributed by atoms with Crippen molar-refractivity contribution in [3.05, 3.63) is 28.5 Å². The summed E-state index contributed by atoms with van der Waals surface area (Å²) in [6, 6.07) is 2.08. The Hall–Kier alpha value is -1.27. The predicted octanol–water partition coefficient (Wildman–Crippen LogP) is 1.98. The third-order valence-corrected chi connectivity index (χ3v) is 3.24. The molecule has 0 radical (unpaired) electrons. The highest BCUT2D eigenvalue weighted by molar-refractivity contribution is 7.98. The van der Waals surface area contributed by atoms with Crippen LogP contribution in [0, 0.1) is 6.92 Å². The standard InChI is InChI=1S/C12H15ClN2O3S/c1-7-5-8(6-10(13)14-7)11(16)15-9(12(17)18)3-4-19-2/h5-6,9H,3-4H2,1-2H3,(H,15,16)(H,17,18). The Morgan fingerprint density at radius 3 is 2.74 bits per heavy atom. The van der Waals surface area contributed by atoms with Gasteiger partial charge < -0.3 is 10.4 Å². The highest BCUT2D eigenvalue weighted by atomic mass is 35.5. The van der Waals surface area contributed by atoms with Gasteiger partial charge in [0.05, 0.1) is 0 Å². The van der Waals surface area contributed by atoms with Crippen molar-refractivity contribution in [2.75, 3.05) is 12.0 Å². The number of carboxylic acids is 1. The fourth-order valence-electron chi connectivity index (χ4n) is 1.49. The number of carboxylic acid groups (broad SMARTS) is 1. The fraction of sp³-hybridized carbons (Fsp3) is 0.417. The van der Waals surface area contributed by atoms with Crippen LogP contribution in [0.3, 0.4) is 0 Å². The first-order chi connectivity index (χ1) is 8.93. The molecule has 1 unspecified atom stereocenters. The Morgan fingerprint density at radius 2 is 2.21 bits per heavy atom. The molecular formula is C12H15ClN2O3S. The fourth-order valence-corrected chi connectivity index (χ4v) is 2.22. The van der Waals surface area contributed by atoms with Crippen LogP contribution in [0.5, 0.6) is 0 Å². The quantitative estimate of drug-likeness (QED) is 0.786. The average Bonchev–Trinajstić information content (AvgIpc) is 2.32. The summed E-state index contributed by atoms with van der Waals surface area (Å²) in [6.45, 7) is 1.71. The Kier molecular flexibility index (Phi) is 6.11. The number of carbonyl (C=O) groups is 2. The molecule has 0 saturated carbocycles. The first kappa shape index (κ1) is 15.8. The number of nitrogens with one attached hydrogen (secondary N) is 1. The van der Waals surface area contributed by atoms with Crippen molar-refractivity contribution in [3.8, 4) is 0 Å². The number of hydrogen-bond donors (Lipinski definition) is 2. The van der Waals surface area contributed by atoms with Gasteiger partial charge in [0.25, 0.3) is 5.91 Å². The molecule has 19 heavy (non-hydrogen) atoms. The highest BCUT2D eigenvalue weighted by Gasteiger charge is 2.20. The van der Waals surface area contributed by atoms with Gasteiger partial charge in [-0.1, -0.05) is 11.6 Å². The number of pyridine rings is 1. The monoisotopic (exact) mass is 302 g/mol. The van der Waals surface area contributed by atoms with E-state index in [0.29, 0.717) is 23.4 Å². The number of carbonyl (C=O) groups excluding carboxylic acids is 1. The number of aromatic nitrogens is 1. The summed E-state index contributed by atoms with van der Waals surface area (Å²) in [5.74, 6) is -0.840. The minimum absolute atomic E-state index is 0.209. The van der Waals surface area contributed by atoms with Crippen molar-refractivity contribution in [2.24, 2.45) is 0 Å². The molecule has 0 aliphatic heterocycles. The molecule has 7 heteroatoms. The number of halogens is 1. The van der Waals surface area contributed by atoms with Crippen molar-refractivity contribution in [3.63, 3.8) is 0 Å². The largest absolute Gasteiger partial charge is 0.480 e. The molecule has 0 fully saturated rings. The summed E-state index contributed by atoms with van der Waals surface area (Å²) in [7, 11) is 0. The third-order valence-electron chi connectivity index (χ3n) is 2.40. The molecule has 0 spiro atoms. The lowest BCUT2D eigenvalue weighted by Gasteiger charge is -2.14. The minimum atomic E-state index is -1.04. The molecule has 0 aliphatic rings. The van der Waals surface area contributed by atoms with E-state index in [1.165, 1.54) is 17.8 Å². The Balaban J connectivity index is 2.78. The van der Waals surface area contributed by atoms with Crippen LogP contribution in [-0.2, 0) is 4.79 Å². The summed E-state index contributed by atoms with van der Waals surface area (Å²) >= 11 is 7.30. The maximum atomic E-state index is 12.0. The molecule has 1 atom stereocenters. The molecule has 1 heterocycles. The lowest BCUT2D eigenvalue weighted by atomic mass is 10.2. The molecule has 1 aromatic heterocycles. The Morgan fingerprint density at radius 1 is 1.53 bits per heavy atom. The smallest absolute Gasteiger partial charge is 0.326 e. The summed E-state index contributed by atoms with van der Waals surface area (Å²) in [5, 5.41) is 11.7. The van der Waals surface area contributed by atoms with E-state index in [4.69, 9.17) is 16.7 Å². The van der Waals surface area contributed by atoms with Gasteiger partial charge in [-0.05, 0) is 37.5 Å². The molecular weight excluding hydrogens is 288 g/mol. The number of hydrogen-bond acceptors (Lipinski definition) is 4. The van der Waals surface area contributed by atoms with Crippen LogP contribution in [-0.4, -0.2) is 40.0 Å². The van der Waals surface area contributed by atoms with Gasteiger partial charge in [-0.15, -0.1) is 0 Å². The van der Waals surface area contributed by atoms with Crippen LogP contribution in [0.15, 0.2) is 12.1 Å². The van der Waals surface area contributed by atoms with Crippen molar-refractivity contribution in [1.29, 1.82) is 0 Å². The highest BCUT2D eigenvalue weighted by Crippen LogP contribution is 2.11. The lowest BCUT2D eigenvalue weighted by Crippen LogP contribution is -2.41. The second kappa shape index (κ2) is 7.35. The van der Waals surface area contributed by atoms with E-state index in [-0.39, 0.29) is 5.15 Å². The number of nitrogens with zero attached hydrogens (tertiary/aromatic N) is 1. The first-order valence-corrected chi connectivity index (χ1v) is 7.38. The first-order valence-electron chi connectivity index (χ1n) is 5.61. The minimum Gasteiger partial charge on any atom is -0.480 e. The zero-order valence-corrected chi connectivity index (χ0v) is 12.2. The number of aliphatic carboxylic acids is 1. The zero-order chi connectivity index (χ0) is 14.4. The van der Waals surface area contributed by atoms with Crippen molar-refractivity contribution in [1.82, 2.24) is 10.3 Å². The van der Waals surface area contributed by atoms with E-state index in [1.807, 2.05) is 6.26 Å². The van der Waals surface area contributed by atoms with E-state index in [9.17, 15) is 9.59 Å². The summed E-state index contributed by atoms with van der Waals surface area (Å²) in [6.07, 6.45) is 2.26. The van der Waals surface area contributed by atoms with Gasteiger partial charge in [0.2, 0.25) is 0 Å². The van der Waals surface area contributed by atoms with Gasteiger partial charge in [0.1, 0.15) is 11.2 Å². The van der Waals surface area contributed by atoms with Gasteiger partial charge in [-0.25, -0.2) is 9.78 Å². The van der Waals surface area contributed by atoms with Crippen LogP contribution < -0.4 is 5.32 Å². The van der Waals surface area contributed by atoms with Crippen LogP contribution in [0.4, 0.5) is 0 Å². The van der Waals surface area contributed by atoms with Crippen LogP contribution in [0.1, 0.15) is 22.5 Å². The van der Waals surface area contributed by atoms with Gasteiger partial charge in [0.15, 0.2) is 0 Å². The van der Waals surface area contributed by atoms with Crippen molar-refractivity contribution in [2.45, 2.75) is 19.4 Å². The van der Waals surface area contributed by atoms with Gasteiger partial charge in [0, 0.05) is 11.3 Å². The van der Waals surface area contributed by atoms with Crippen molar-refractivity contribution >= 4 is 35.2 Å². The second-order valence-corrected chi connectivity index (χ2v) is 5.34. The summed E-state index contributed by atoms with van der Waals surface area (Å²) in [5.41, 5.74) is 0.918. The van der Waals surface area contributed by atoms with Gasteiger partial charge in [-0.2, -0.15) is 11.8 Å². The molecule has 1 rings (SSSR count). The molecule has 1 amide bonds. The van der Waals surface area contributed by atoms with E-state index in [1.54, 1.807) is 13.0 Å². The molecule has 0 saturated heterocycles. The van der Waals surface area contributed by atoms with E-state index in [0.717, 1.165) is 0 Å². The summed E-state index contributed by atoms with van der Waals surface area (Å²) < 4.78 is 0. The van der Waals surface area contributed by atoms with E-state index >= 15 is 0 Å². The normalized spacial score (nSPS) is 11.9. The molecule has 2 N–H and O–H groups in total. The van der Waals surface area contributed by atoms with Crippen LogP contribution in [0.25, 0.3) is 0 Å². The Bertz CT molecular complexity index is 462. The van der Waals surface area contributed by atoms with Gasteiger partial charge >= 0.3 is 5.97 Å².